The lowest BCUT2D eigenvalue weighted by atomic mass is 10.2. The van der Waals surface area contributed by atoms with Gasteiger partial charge in [-0.2, -0.15) is 0 Å². The molecule has 0 radical (unpaired) electrons. The summed E-state index contributed by atoms with van der Waals surface area (Å²) < 4.78 is 0. The van der Waals surface area contributed by atoms with Crippen LogP contribution in [0, 0.1) is 0 Å². The van der Waals surface area contributed by atoms with Gasteiger partial charge in [0.1, 0.15) is 5.82 Å². The van der Waals surface area contributed by atoms with Crippen LogP contribution in [0.1, 0.15) is 32.0 Å². The Labute approximate surface area is 127 Å². The van der Waals surface area contributed by atoms with Crippen molar-refractivity contribution in [2.45, 2.75) is 39.9 Å². The standard InChI is InChI=1S/C17H24N4/c1-4-18-10-16-11-19-12-17(20-16)21(14(2)3)13-15-8-6-5-7-9-15/h5-9,11-12,14,18H,4,10,13H2,1-3H3. The molecule has 0 atom stereocenters. The second kappa shape index (κ2) is 7.74. The first kappa shape index (κ1) is 15.4. The van der Waals surface area contributed by atoms with Crippen LogP contribution in [0.3, 0.4) is 0 Å². The summed E-state index contributed by atoms with van der Waals surface area (Å²) in [5, 5.41) is 3.29. The number of anilines is 1. The molecule has 0 spiro atoms. The first-order chi connectivity index (χ1) is 10.2. The van der Waals surface area contributed by atoms with Crippen LogP contribution in [-0.2, 0) is 13.1 Å². The molecule has 2 rings (SSSR count). The van der Waals surface area contributed by atoms with E-state index in [2.05, 4.69) is 60.2 Å². The Hall–Kier alpha value is -1.94. The summed E-state index contributed by atoms with van der Waals surface area (Å²) in [6.45, 7) is 8.99. The minimum Gasteiger partial charge on any atom is -0.349 e. The fourth-order valence-corrected chi connectivity index (χ4v) is 2.18. The summed E-state index contributed by atoms with van der Waals surface area (Å²) in [5.74, 6) is 0.934. The zero-order valence-electron chi connectivity index (χ0n) is 13.1. The van der Waals surface area contributed by atoms with Crippen molar-refractivity contribution in [2.24, 2.45) is 0 Å². The lowest BCUT2D eigenvalue weighted by Crippen LogP contribution is -2.31. The van der Waals surface area contributed by atoms with Crippen molar-refractivity contribution < 1.29 is 0 Å². The molecule has 0 saturated carbocycles. The lowest BCUT2D eigenvalue weighted by Gasteiger charge is -2.28. The molecule has 0 amide bonds. The van der Waals surface area contributed by atoms with E-state index in [1.807, 2.05) is 18.5 Å². The van der Waals surface area contributed by atoms with Gasteiger partial charge in [0.25, 0.3) is 0 Å². The molecule has 0 aliphatic rings. The summed E-state index contributed by atoms with van der Waals surface area (Å²) >= 11 is 0. The van der Waals surface area contributed by atoms with Crippen molar-refractivity contribution in [1.82, 2.24) is 15.3 Å². The molecule has 0 aliphatic heterocycles. The maximum absolute atomic E-state index is 4.73. The van der Waals surface area contributed by atoms with Gasteiger partial charge in [0.2, 0.25) is 0 Å². The molecular weight excluding hydrogens is 260 g/mol. The van der Waals surface area contributed by atoms with Crippen molar-refractivity contribution in [3.8, 4) is 0 Å². The van der Waals surface area contributed by atoms with Crippen LogP contribution in [0.4, 0.5) is 5.82 Å². The molecule has 1 aromatic carbocycles. The average Bonchev–Trinajstić information content (AvgIpc) is 2.51. The normalized spacial score (nSPS) is 10.9. The van der Waals surface area contributed by atoms with Crippen molar-refractivity contribution in [1.29, 1.82) is 0 Å². The van der Waals surface area contributed by atoms with Gasteiger partial charge >= 0.3 is 0 Å². The monoisotopic (exact) mass is 284 g/mol. The van der Waals surface area contributed by atoms with E-state index in [1.54, 1.807) is 0 Å². The van der Waals surface area contributed by atoms with Crippen LogP contribution in [0.5, 0.6) is 0 Å². The highest BCUT2D eigenvalue weighted by atomic mass is 15.2. The van der Waals surface area contributed by atoms with Crippen molar-refractivity contribution in [3.63, 3.8) is 0 Å². The van der Waals surface area contributed by atoms with Crippen LogP contribution in [0.2, 0.25) is 0 Å². The van der Waals surface area contributed by atoms with Crippen LogP contribution in [-0.4, -0.2) is 22.6 Å². The third-order valence-electron chi connectivity index (χ3n) is 3.34. The van der Waals surface area contributed by atoms with Gasteiger partial charge in [-0.15, -0.1) is 0 Å². The fraction of sp³-hybridized carbons (Fsp3) is 0.412. The minimum atomic E-state index is 0.369. The van der Waals surface area contributed by atoms with E-state index in [9.17, 15) is 0 Å². The van der Waals surface area contributed by atoms with Crippen LogP contribution in [0.15, 0.2) is 42.7 Å². The predicted octanol–water partition coefficient (Wildman–Crippen LogP) is 3.00. The maximum atomic E-state index is 4.73. The molecule has 0 saturated heterocycles. The number of benzene rings is 1. The van der Waals surface area contributed by atoms with E-state index in [0.29, 0.717) is 6.04 Å². The van der Waals surface area contributed by atoms with Gasteiger partial charge in [-0.25, -0.2) is 4.98 Å². The van der Waals surface area contributed by atoms with E-state index in [4.69, 9.17) is 4.98 Å². The predicted molar refractivity (Wildman–Crippen MR) is 87.2 cm³/mol. The molecule has 1 aromatic heterocycles. The van der Waals surface area contributed by atoms with Crippen LogP contribution in [0.25, 0.3) is 0 Å². The van der Waals surface area contributed by atoms with Gasteiger partial charge in [0, 0.05) is 25.3 Å². The van der Waals surface area contributed by atoms with Crippen molar-refractivity contribution in [2.75, 3.05) is 11.4 Å². The van der Waals surface area contributed by atoms with Gasteiger partial charge in [-0.1, -0.05) is 37.3 Å². The number of hydrogen-bond acceptors (Lipinski definition) is 4. The highest BCUT2D eigenvalue weighted by Crippen LogP contribution is 2.17. The van der Waals surface area contributed by atoms with Gasteiger partial charge in [-0.05, 0) is 26.0 Å². The molecule has 1 heterocycles. The number of aromatic nitrogens is 2. The van der Waals surface area contributed by atoms with Gasteiger partial charge < -0.3 is 10.2 Å². The lowest BCUT2D eigenvalue weighted by molar-refractivity contribution is 0.659. The molecular formula is C17H24N4. The first-order valence-corrected chi connectivity index (χ1v) is 7.53. The molecule has 0 aliphatic carbocycles. The Morgan fingerprint density at radius 2 is 1.90 bits per heavy atom. The Morgan fingerprint density at radius 3 is 2.57 bits per heavy atom. The summed E-state index contributed by atoms with van der Waals surface area (Å²) in [6.07, 6.45) is 3.67. The van der Waals surface area contributed by atoms with Crippen molar-refractivity contribution >= 4 is 5.82 Å². The molecule has 0 fully saturated rings. The number of nitrogens with one attached hydrogen (secondary N) is 1. The Kier molecular flexibility index (Phi) is 5.69. The molecule has 4 heteroatoms. The third-order valence-corrected chi connectivity index (χ3v) is 3.34. The van der Waals surface area contributed by atoms with E-state index in [0.717, 1.165) is 31.1 Å². The van der Waals surface area contributed by atoms with Crippen molar-refractivity contribution in [3.05, 3.63) is 54.0 Å². The van der Waals surface area contributed by atoms with Gasteiger partial charge in [-0.3, -0.25) is 4.98 Å². The summed E-state index contributed by atoms with van der Waals surface area (Å²) in [5.41, 5.74) is 2.26. The molecule has 0 unspecified atom stereocenters. The summed E-state index contributed by atoms with van der Waals surface area (Å²) in [6, 6.07) is 10.8. The first-order valence-electron chi connectivity index (χ1n) is 7.53. The molecule has 21 heavy (non-hydrogen) atoms. The fourth-order valence-electron chi connectivity index (χ4n) is 2.18. The molecule has 112 valence electrons. The Morgan fingerprint density at radius 1 is 1.14 bits per heavy atom. The molecule has 4 nitrogen and oxygen atoms in total. The zero-order chi connectivity index (χ0) is 15.1. The van der Waals surface area contributed by atoms with E-state index in [1.165, 1.54) is 5.56 Å². The highest BCUT2D eigenvalue weighted by Gasteiger charge is 2.13. The number of rotatable bonds is 7. The smallest absolute Gasteiger partial charge is 0.147 e. The summed E-state index contributed by atoms with van der Waals surface area (Å²) in [7, 11) is 0. The third kappa shape index (κ3) is 4.53. The highest BCUT2D eigenvalue weighted by molar-refractivity contribution is 5.39. The largest absolute Gasteiger partial charge is 0.349 e. The molecule has 1 N–H and O–H groups in total. The minimum absolute atomic E-state index is 0.369. The van der Waals surface area contributed by atoms with E-state index in [-0.39, 0.29) is 0 Å². The van der Waals surface area contributed by atoms with Crippen LogP contribution >= 0.6 is 0 Å². The second-order valence-corrected chi connectivity index (χ2v) is 5.36. The second-order valence-electron chi connectivity index (χ2n) is 5.36. The summed E-state index contributed by atoms with van der Waals surface area (Å²) in [4.78, 5) is 11.3. The molecule has 0 bridgehead atoms. The molecule has 2 aromatic rings. The maximum Gasteiger partial charge on any atom is 0.147 e. The average molecular weight is 284 g/mol. The SMILES string of the molecule is CCNCc1cncc(N(Cc2ccccc2)C(C)C)n1. The quantitative estimate of drug-likeness (QED) is 0.848. The number of hydrogen-bond donors (Lipinski definition) is 1. The van der Waals surface area contributed by atoms with E-state index >= 15 is 0 Å². The van der Waals surface area contributed by atoms with Gasteiger partial charge in [0.05, 0.1) is 11.9 Å². The topological polar surface area (TPSA) is 41.1 Å². The van der Waals surface area contributed by atoms with Gasteiger partial charge in [0.15, 0.2) is 0 Å². The van der Waals surface area contributed by atoms with Crippen LogP contribution < -0.4 is 10.2 Å². The Balaban J connectivity index is 2.18. The van der Waals surface area contributed by atoms with E-state index < -0.39 is 0 Å². The Bertz CT molecular complexity index is 539. The zero-order valence-corrected chi connectivity index (χ0v) is 13.1. The number of nitrogens with zero attached hydrogens (tertiary/aromatic N) is 3.